The van der Waals surface area contributed by atoms with Crippen LogP contribution in [0.2, 0.25) is 0 Å². The summed E-state index contributed by atoms with van der Waals surface area (Å²) < 4.78 is 13.5. The van der Waals surface area contributed by atoms with Gasteiger partial charge >= 0.3 is 0 Å². The molecule has 1 aromatic carbocycles. The van der Waals surface area contributed by atoms with E-state index in [2.05, 4.69) is 42.0 Å². The highest BCUT2D eigenvalue weighted by atomic mass is 79.9. The van der Waals surface area contributed by atoms with Gasteiger partial charge in [-0.25, -0.2) is 4.39 Å². The summed E-state index contributed by atoms with van der Waals surface area (Å²) in [5.41, 5.74) is 0.206. The van der Waals surface area contributed by atoms with Crippen molar-refractivity contribution in [3.8, 4) is 0 Å². The van der Waals surface area contributed by atoms with Gasteiger partial charge in [0, 0.05) is 18.7 Å². The first kappa shape index (κ1) is 14.9. The second-order valence-corrected chi connectivity index (χ2v) is 6.13. The van der Waals surface area contributed by atoms with E-state index in [1.807, 2.05) is 0 Å². The largest absolute Gasteiger partial charge is 0.379 e. The molecule has 4 nitrogen and oxygen atoms in total. The van der Waals surface area contributed by atoms with E-state index in [0.717, 1.165) is 12.5 Å². The maximum Gasteiger partial charge on any atom is 0.293 e. The third kappa shape index (κ3) is 4.25. The summed E-state index contributed by atoms with van der Waals surface area (Å²) in [7, 11) is 0. The summed E-state index contributed by atoms with van der Waals surface area (Å²) in [6.07, 6.45) is 0.835. The van der Waals surface area contributed by atoms with Gasteiger partial charge in [0.2, 0.25) is 0 Å². The van der Waals surface area contributed by atoms with Crippen LogP contribution >= 0.6 is 15.9 Å². The van der Waals surface area contributed by atoms with Gasteiger partial charge in [0.25, 0.3) is 5.69 Å². The normalized spacial score (nSPS) is 11.4. The Hall–Kier alpha value is -1.17. The lowest BCUT2D eigenvalue weighted by Crippen LogP contribution is -2.13. The van der Waals surface area contributed by atoms with E-state index in [-0.39, 0.29) is 21.3 Å². The molecule has 0 aliphatic rings. The van der Waals surface area contributed by atoms with Gasteiger partial charge in [-0.2, -0.15) is 0 Å². The van der Waals surface area contributed by atoms with Crippen LogP contribution in [0.5, 0.6) is 0 Å². The van der Waals surface area contributed by atoms with Crippen molar-refractivity contribution in [2.24, 2.45) is 5.41 Å². The molecule has 0 saturated heterocycles. The van der Waals surface area contributed by atoms with Crippen molar-refractivity contribution in [2.45, 2.75) is 27.2 Å². The summed E-state index contributed by atoms with van der Waals surface area (Å²) in [6.45, 7) is 6.78. The molecule has 0 atom stereocenters. The van der Waals surface area contributed by atoms with Crippen LogP contribution in [0.4, 0.5) is 15.8 Å². The number of nitrogens with one attached hydrogen (secondary N) is 1. The molecule has 0 fully saturated rings. The molecule has 0 amide bonds. The number of nitro groups is 1. The molecule has 6 heteroatoms. The Balaban J connectivity index is 2.87. The maximum absolute atomic E-state index is 13.4. The minimum atomic E-state index is -0.524. The first-order valence-electron chi connectivity index (χ1n) is 5.58. The van der Waals surface area contributed by atoms with Crippen LogP contribution < -0.4 is 5.32 Å². The van der Waals surface area contributed by atoms with E-state index in [0.29, 0.717) is 6.54 Å². The van der Waals surface area contributed by atoms with Crippen molar-refractivity contribution in [3.05, 3.63) is 32.5 Å². The smallest absolute Gasteiger partial charge is 0.293 e. The molecule has 1 aromatic rings. The molecule has 0 radical (unpaired) electrons. The number of anilines is 1. The SMILES string of the molecule is CC(C)(C)CCNc1cc(F)c(Br)cc1[N+](=O)[O-]. The summed E-state index contributed by atoms with van der Waals surface area (Å²) in [5, 5.41) is 13.8. The van der Waals surface area contributed by atoms with Gasteiger partial charge in [0.15, 0.2) is 0 Å². The van der Waals surface area contributed by atoms with Crippen LogP contribution in [0.15, 0.2) is 16.6 Å². The number of halogens is 2. The van der Waals surface area contributed by atoms with E-state index >= 15 is 0 Å². The zero-order valence-electron chi connectivity index (χ0n) is 10.6. The van der Waals surface area contributed by atoms with Crippen molar-refractivity contribution in [1.29, 1.82) is 0 Å². The van der Waals surface area contributed by atoms with E-state index in [1.54, 1.807) is 0 Å². The van der Waals surface area contributed by atoms with Gasteiger partial charge in [-0.3, -0.25) is 10.1 Å². The Kier molecular flexibility index (Phi) is 4.67. The molecule has 1 N–H and O–H groups in total. The zero-order chi connectivity index (χ0) is 13.9. The van der Waals surface area contributed by atoms with Crippen LogP contribution in [0, 0.1) is 21.3 Å². The highest BCUT2D eigenvalue weighted by Crippen LogP contribution is 2.31. The van der Waals surface area contributed by atoms with Crippen molar-refractivity contribution in [2.75, 3.05) is 11.9 Å². The quantitative estimate of drug-likeness (QED) is 0.663. The van der Waals surface area contributed by atoms with Crippen LogP contribution in [0.25, 0.3) is 0 Å². The second-order valence-electron chi connectivity index (χ2n) is 5.28. The van der Waals surface area contributed by atoms with Gasteiger partial charge in [-0.05, 0) is 27.8 Å². The lowest BCUT2D eigenvalue weighted by atomic mass is 9.92. The number of hydrogen-bond acceptors (Lipinski definition) is 3. The molecule has 0 heterocycles. The molecule has 0 aliphatic heterocycles. The lowest BCUT2D eigenvalue weighted by molar-refractivity contribution is -0.384. The Bertz CT molecular complexity index is 458. The van der Waals surface area contributed by atoms with Crippen molar-refractivity contribution in [3.63, 3.8) is 0 Å². The highest BCUT2D eigenvalue weighted by molar-refractivity contribution is 9.10. The maximum atomic E-state index is 13.4. The van der Waals surface area contributed by atoms with E-state index in [9.17, 15) is 14.5 Å². The van der Waals surface area contributed by atoms with E-state index in [4.69, 9.17) is 0 Å². The standard InChI is InChI=1S/C12H16BrFN2O2/c1-12(2,3)4-5-15-10-7-9(14)8(13)6-11(10)16(17)18/h6-7,15H,4-5H2,1-3H3. The first-order valence-corrected chi connectivity index (χ1v) is 6.37. The molecule has 0 aliphatic carbocycles. The number of nitrogens with zero attached hydrogens (tertiary/aromatic N) is 1. The summed E-state index contributed by atoms with van der Waals surface area (Å²) in [6, 6.07) is 2.32. The molecule has 0 aromatic heterocycles. The molecule has 0 bridgehead atoms. The minimum absolute atomic E-state index is 0.0931. The van der Waals surface area contributed by atoms with Crippen LogP contribution in [0.3, 0.4) is 0 Å². The number of nitro benzene ring substituents is 1. The first-order chi connectivity index (χ1) is 8.20. The average Bonchev–Trinajstić information content (AvgIpc) is 2.20. The van der Waals surface area contributed by atoms with Crippen LogP contribution in [-0.2, 0) is 0 Å². The third-order valence-corrected chi connectivity index (χ3v) is 3.03. The molecule has 0 saturated carbocycles. The van der Waals surface area contributed by atoms with Gasteiger partial charge in [-0.1, -0.05) is 20.8 Å². The predicted molar refractivity (Wildman–Crippen MR) is 73.3 cm³/mol. The monoisotopic (exact) mass is 318 g/mol. The average molecular weight is 319 g/mol. The molecule has 18 heavy (non-hydrogen) atoms. The van der Waals surface area contributed by atoms with Gasteiger partial charge in [0.1, 0.15) is 11.5 Å². The van der Waals surface area contributed by atoms with E-state index < -0.39 is 10.7 Å². The van der Waals surface area contributed by atoms with Crippen LogP contribution in [0.1, 0.15) is 27.2 Å². The van der Waals surface area contributed by atoms with Crippen molar-refractivity contribution >= 4 is 27.3 Å². The summed E-state index contributed by atoms with van der Waals surface area (Å²) >= 11 is 2.94. The molecule has 100 valence electrons. The molecule has 1 rings (SSSR count). The van der Waals surface area contributed by atoms with Crippen molar-refractivity contribution < 1.29 is 9.31 Å². The summed E-state index contributed by atoms with van der Waals surface area (Å²) in [4.78, 5) is 10.3. The third-order valence-electron chi connectivity index (χ3n) is 2.43. The lowest BCUT2D eigenvalue weighted by Gasteiger charge is -2.18. The van der Waals surface area contributed by atoms with Gasteiger partial charge in [0.05, 0.1) is 9.40 Å². The molecular formula is C12H16BrFN2O2. The zero-order valence-corrected chi connectivity index (χ0v) is 12.2. The number of hydrogen-bond donors (Lipinski definition) is 1. The van der Waals surface area contributed by atoms with Gasteiger partial charge in [-0.15, -0.1) is 0 Å². The molecule has 0 spiro atoms. The number of benzene rings is 1. The molecule has 0 unspecified atom stereocenters. The second kappa shape index (κ2) is 5.65. The van der Waals surface area contributed by atoms with Crippen LogP contribution in [-0.4, -0.2) is 11.5 Å². The van der Waals surface area contributed by atoms with Crippen molar-refractivity contribution in [1.82, 2.24) is 0 Å². The Labute approximate surface area is 114 Å². The Morgan fingerprint density at radius 3 is 2.56 bits per heavy atom. The highest BCUT2D eigenvalue weighted by Gasteiger charge is 2.18. The fourth-order valence-corrected chi connectivity index (χ4v) is 1.73. The fourth-order valence-electron chi connectivity index (χ4n) is 1.40. The topological polar surface area (TPSA) is 55.2 Å². The number of rotatable bonds is 4. The van der Waals surface area contributed by atoms with E-state index in [1.165, 1.54) is 6.07 Å². The Morgan fingerprint density at radius 1 is 1.44 bits per heavy atom. The minimum Gasteiger partial charge on any atom is -0.379 e. The summed E-state index contributed by atoms with van der Waals surface area (Å²) in [5.74, 6) is -0.515. The predicted octanol–water partition coefficient (Wildman–Crippen LogP) is 4.34. The fraction of sp³-hybridized carbons (Fsp3) is 0.500. The Morgan fingerprint density at radius 2 is 2.06 bits per heavy atom. The van der Waals surface area contributed by atoms with Gasteiger partial charge < -0.3 is 5.32 Å². The molecular weight excluding hydrogens is 303 g/mol.